The Morgan fingerprint density at radius 3 is 0.860 bits per heavy atom. The first-order valence-corrected chi connectivity index (χ1v) is 25.2. The molecule has 0 fully saturated rings. The molecule has 0 bridgehead atoms. The summed E-state index contributed by atoms with van der Waals surface area (Å²) in [4.78, 5) is 37.8. The van der Waals surface area contributed by atoms with Crippen molar-refractivity contribution >= 4 is 17.9 Å². The Hall–Kier alpha value is -1.59. The van der Waals surface area contributed by atoms with E-state index in [1.54, 1.807) is 0 Å². The summed E-state index contributed by atoms with van der Waals surface area (Å²) in [6.45, 7) is 11.3. The van der Waals surface area contributed by atoms with Gasteiger partial charge in [0.25, 0.3) is 0 Å². The van der Waals surface area contributed by atoms with Gasteiger partial charge in [-0.2, -0.15) is 0 Å². The van der Waals surface area contributed by atoms with Crippen LogP contribution in [0.1, 0.15) is 279 Å². The molecule has 0 aromatic rings. The number of esters is 3. The molecule has 0 aliphatic carbocycles. The molecule has 0 N–H and O–H groups in total. The third-order valence-corrected chi connectivity index (χ3v) is 11.5. The number of carbonyl (C=O) groups is 3. The van der Waals surface area contributed by atoms with Crippen molar-refractivity contribution in [2.75, 3.05) is 13.2 Å². The molecule has 0 aliphatic rings. The third-order valence-electron chi connectivity index (χ3n) is 11.5. The van der Waals surface area contributed by atoms with E-state index in [1.165, 1.54) is 167 Å². The van der Waals surface area contributed by atoms with Gasteiger partial charge in [0, 0.05) is 19.3 Å². The summed E-state index contributed by atoms with van der Waals surface area (Å²) in [5, 5.41) is 0. The number of ether oxygens (including phenoxy) is 3. The van der Waals surface area contributed by atoms with Crippen molar-refractivity contribution in [3.05, 3.63) is 0 Å². The Bertz CT molecular complexity index is 870. The lowest BCUT2D eigenvalue weighted by Gasteiger charge is -2.18. The number of rotatable bonds is 45. The van der Waals surface area contributed by atoms with Crippen LogP contribution in [0.15, 0.2) is 0 Å². The second-order valence-corrected chi connectivity index (χ2v) is 18.4. The van der Waals surface area contributed by atoms with E-state index in [-0.39, 0.29) is 31.1 Å². The van der Waals surface area contributed by atoms with Gasteiger partial charge >= 0.3 is 17.9 Å². The molecule has 57 heavy (non-hydrogen) atoms. The van der Waals surface area contributed by atoms with Crippen LogP contribution in [0, 0.1) is 11.8 Å². The molecule has 0 aliphatic heterocycles. The van der Waals surface area contributed by atoms with E-state index in [0.717, 1.165) is 69.6 Å². The Morgan fingerprint density at radius 1 is 0.333 bits per heavy atom. The molecule has 0 aromatic carbocycles. The smallest absolute Gasteiger partial charge is 0.306 e. The zero-order chi connectivity index (χ0) is 41.9. The summed E-state index contributed by atoms with van der Waals surface area (Å²) < 4.78 is 16.8. The number of carbonyl (C=O) groups excluding carboxylic acids is 3. The molecule has 338 valence electrons. The summed E-state index contributed by atoms with van der Waals surface area (Å²) in [6, 6.07) is 0. The second-order valence-electron chi connectivity index (χ2n) is 18.4. The molecule has 6 nitrogen and oxygen atoms in total. The standard InChI is InChI=1S/C51H98O6/c1-6-7-8-9-10-11-12-13-14-15-16-17-21-26-31-36-41-49(52)55-44-48(57-51(54)43-38-33-28-23-25-30-35-40-47(4)5)45-56-50(53)42-37-32-27-22-19-18-20-24-29-34-39-46(2)3/h46-48H,6-45H2,1-5H3/t48-/m0/s1. The number of hydrogen-bond donors (Lipinski definition) is 0. The molecular weight excluding hydrogens is 709 g/mol. The van der Waals surface area contributed by atoms with E-state index in [1.807, 2.05) is 0 Å². The van der Waals surface area contributed by atoms with E-state index in [2.05, 4.69) is 34.6 Å². The molecule has 0 saturated carbocycles. The topological polar surface area (TPSA) is 78.9 Å². The summed E-state index contributed by atoms with van der Waals surface area (Å²) in [5.74, 6) is 0.743. The van der Waals surface area contributed by atoms with Crippen molar-refractivity contribution in [1.29, 1.82) is 0 Å². The minimum absolute atomic E-state index is 0.0647. The predicted octanol–water partition coefficient (Wildman–Crippen LogP) is 16.1. The molecule has 0 radical (unpaired) electrons. The number of unbranched alkanes of at least 4 members (excludes halogenated alkanes) is 30. The highest BCUT2D eigenvalue weighted by Gasteiger charge is 2.19. The molecule has 0 aromatic heterocycles. The Balaban J connectivity index is 4.27. The Kier molecular flexibility index (Phi) is 42.7. The molecule has 0 heterocycles. The largest absolute Gasteiger partial charge is 0.462 e. The van der Waals surface area contributed by atoms with Gasteiger partial charge in [0.15, 0.2) is 6.10 Å². The van der Waals surface area contributed by atoms with Gasteiger partial charge in [-0.15, -0.1) is 0 Å². The average molecular weight is 807 g/mol. The van der Waals surface area contributed by atoms with E-state index < -0.39 is 6.10 Å². The van der Waals surface area contributed by atoms with Gasteiger partial charge in [-0.3, -0.25) is 14.4 Å². The molecule has 1 atom stereocenters. The van der Waals surface area contributed by atoms with Gasteiger partial charge in [-0.05, 0) is 31.1 Å². The van der Waals surface area contributed by atoms with Crippen molar-refractivity contribution < 1.29 is 28.6 Å². The summed E-state index contributed by atoms with van der Waals surface area (Å²) in [6.07, 6.45) is 43.8. The first-order valence-electron chi connectivity index (χ1n) is 25.2. The van der Waals surface area contributed by atoms with Crippen molar-refractivity contribution in [3.63, 3.8) is 0 Å². The average Bonchev–Trinajstić information content (AvgIpc) is 3.18. The summed E-state index contributed by atoms with van der Waals surface area (Å²) in [7, 11) is 0. The van der Waals surface area contributed by atoms with Gasteiger partial charge in [-0.25, -0.2) is 0 Å². The van der Waals surface area contributed by atoms with Crippen LogP contribution in [0.25, 0.3) is 0 Å². The van der Waals surface area contributed by atoms with E-state index in [9.17, 15) is 14.4 Å². The van der Waals surface area contributed by atoms with E-state index in [0.29, 0.717) is 19.3 Å². The fourth-order valence-corrected chi connectivity index (χ4v) is 7.64. The van der Waals surface area contributed by atoms with Crippen molar-refractivity contribution in [2.24, 2.45) is 11.8 Å². The lowest BCUT2D eigenvalue weighted by Crippen LogP contribution is -2.30. The minimum atomic E-state index is -0.762. The van der Waals surface area contributed by atoms with Crippen LogP contribution in [0.2, 0.25) is 0 Å². The van der Waals surface area contributed by atoms with Gasteiger partial charge < -0.3 is 14.2 Å². The second kappa shape index (κ2) is 44.0. The van der Waals surface area contributed by atoms with Gasteiger partial charge in [-0.1, -0.05) is 240 Å². The maximum absolute atomic E-state index is 12.7. The lowest BCUT2D eigenvalue weighted by molar-refractivity contribution is -0.167. The highest BCUT2D eigenvalue weighted by molar-refractivity contribution is 5.71. The van der Waals surface area contributed by atoms with Gasteiger partial charge in [0.1, 0.15) is 13.2 Å². The maximum atomic E-state index is 12.7. The fraction of sp³-hybridized carbons (Fsp3) is 0.941. The van der Waals surface area contributed by atoms with Crippen LogP contribution in [0.4, 0.5) is 0 Å². The van der Waals surface area contributed by atoms with E-state index in [4.69, 9.17) is 14.2 Å². The monoisotopic (exact) mass is 807 g/mol. The summed E-state index contributed by atoms with van der Waals surface area (Å²) >= 11 is 0. The summed E-state index contributed by atoms with van der Waals surface area (Å²) in [5.41, 5.74) is 0. The minimum Gasteiger partial charge on any atom is -0.462 e. The molecule has 0 spiro atoms. The Labute approximate surface area is 355 Å². The first kappa shape index (κ1) is 55.4. The van der Waals surface area contributed by atoms with Crippen LogP contribution in [0.3, 0.4) is 0 Å². The zero-order valence-electron chi connectivity index (χ0n) is 39.0. The molecule has 6 heteroatoms. The lowest BCUT2D eigenvalue weighted by atomic mass is 10.0. The fourth-order valence-electron chi connectivity index (χ4n) is 7.64. The van der Waals surface area contributed by atoms with Crippen LogP contribution >= 0.6 is 0 Å². The zero-order valence-corrected chi connectivity index (χ0v) is 39.0. The maximum Gasteiger partial charge on any atom is 0.306 e. The normalized spacial score (nSPS) is 12.1. The molecule has 0 unspecified atom stereocenters. The predicted molar refractivity (Wildman–Crippen MR) is 243 cm³/mol. The molecular formula is C51H98O6. The van der Waals surface area contributed by atoms with Crippen LogP contribution in [-0.2, 0) is 28.6 Å². The van der Waals surface area contributed by atoms with E-state index >= 15 is 0 Å². The molecule has 0 rings (SSSR count). The molecule has 0 saturated heterocycles. The third kappa shape index (κ3) is 45.3. The van der Waals surface area contributed by atoms with Crippen LogP contribution in [-0.4, -0.2) is 37.2 Å². The van der Waals surface area contributed by atoms with Crippen molar-refractivity contribution in [2.45, 2.75) is 285 Å². The van der Waals surface area contributed by atoms with Gasteiger partial charge in [0.2, 0.25) is 0 Å². The number of hydrogen-bond acceptors (Lipinski definition) is 6. The van der Waals surface area contributed by atoms with Crippen molar-refractivity contribution in [3.8, 4) is 0 Å². The first-order chi connectivity index (χ1) is 27.7. The van der Waals surface area contributed by atoms with Gasteiger partial charge in [0.05, 0.1) is 0 Å². The SMILES string of the molecule is CCCCCCCCCCCCCCCCCCC(=O)OC[C@@H](COC(=O)CCCCCCCCCCCCC(C)C)OC(=O)CCCCCCCCCC(C)C. The quantitative estimate of drug-likeness (QED) is 0.0346. The molecule has 0 amide bonds. The highest BCUT2D eigenvalue weighted by Crippen LogP contribution is 2.17. The van der Waals surface area contributed by atoms with Crippen LogP contribution < -0.4 is 0 Å². The Morgan fingerprint density at radius 2 is 0.579 bits per heavy atom. The van der Waals surface area contributed by atoms with Crippen LogP contribution in [0.5, 0.6) is 0 Å². The highest BCUT2D eigenvalue weighted by atomic mass is 16.6. The van der Waals surface area contributed by atoms with Crippen molar-refractivity contribution in [1.82, 2.24) is 0 Å².